The molecule has 1 saturated heterocycles. The minimum absolute atomic E-state index is 0.315. The fourth-order valence-electron chi connectivity index (χ4n) is 5.09. The van der Waals surface area contributed by atoms with Gasteiger partial charge in [-0.2, -0.15) is 0 Å². The highest BCUT2D eigenvalue weighted by atomic mass is 32.1. The lowest BCUT2D eigenvalue weighted by atomic mass is 9.96. The fraction of sp³-hybridized carbons (Fsp3) is 0.542. The average molecular weight is 410 g/mol. The van der Waals surface area contributed by atoms with Crippen LogP contribution in [0.5, 0.6) is 0 Å². The van der Waals surface area contributed by atoms with Gasteiger partial charge in [0.05, 0.1) is 6.54 Å². The Bertz CT molecular complexity index is 895. The van der Waals surface area contributed by atoms with Crippen molar-refractivity contribution in [2.45, 2.75) is 39.2 Å². The maximum Gasteiger partial charge on any atom is 0.236 e. The summed E-state index contributed by atoms with van der Waals surface area (Å²) in [5, 5.41) is 2.23. The number of amides is 1. The summed E-state index contributed by atoms with van der Waals surface area (Å²) in [5.74, 6) is 1.08. The van der Waals surface area contributed by atoms with Gasteiger partial charge in [-0.3, -0.25) is 9.69 Å². The van der Waals surface area contributed by atoms with Crippen molar-refractivity contribution in [2.24, 2.45) is 5.92 Å². The van der Waals surface area contributed by atoms with Gasteiger partial charge in [-0.05, 0) is 73.2 Å². The number of carbonyl (C=O) groups excluding carboxylic acids is 1. The first kappa shape index (κ1) is 19.1. The van der Waals surface area contributed by atoms with Crippen LogP contribution in [0.15, 0.2) is 29.6 Å². The molecule has 0 N–H and O–H groups in total. The second-order valence-electron chi connectivity index (χ2n) is 8.89. The molecule has 1 aromatic carbocycles. The molecule has 1 atom stereocenters. The number of nitrogens with zero attached hydrogens (tertiary/aromatic N) is 3. The van der Waals surface area contributed by atoms with Crippen LogP contribution in [0.3, 0.4) is 0 Å². The zero-order valence-electron chi connectivity index (χ0n) is 17.6. The van der Waals surface area contributed by atoms with Crippen LogP contribution >= 0.6 is 11.3 Å². The molecular formula is C24H31N3OS. The molecule has 4 nitrogen and oxygen atoms in total. The second-order valence-corrected chi connectivity index (χ2v) is 9.89. The number of thiophene rings is 1. The van der Waals surface area contributed by atoms with E-state index >= 15 is 0 Å². The normalized spacial score (nSPS) is 22.6. The molecule has 0 radical (unpaired) electrons. The molecule has 3 heterocycles. The van der Waals surface area contributed by atoms with Gasteiger partial charge in [-0.15, -0.1) is 11.3 Å². The van der Waals surface area contributed by atoms with Crippen LogP contribution in [-0.4, -0.2) is 55.0 Å². The van der Waals surface area contributed by atoms with E-state index in [0.717, 1.165) is 45.1 Å². The van der Waals surface area contributed by atoms with Crippen LogP contribution in [0.2, 0.25) is 0 Å². The van der Waals surface area contributed by atoms with E-state index in [9.17, 15) is 4.79 Å². The third kappa shape index (κ3) is 3.71. The van der Waals surface area contributed by atoms with Gasteiger partial charge in [-0.25, -0.2) is 0 Å². The molecule has 29 heavy (non-hydrogen) atoms. The molecule has 154 valence electrons. The van der Waals surface area contributed by atoms with Gasteiger partial charge in [0.15, 0.2) is 0 Å². The summed E-state index contributed by atoms with van der Waals surface area (Å²) in [5.41, 5.74) is 5.53. The number of aryl methyl sites for hydroxylation is 1. The van der Waals surface area contributed by atoms with Crippen molar-refractivity contribution in [3.05, 3.63) is 51.2 Å². The molecule has 2 aliphatic heterocycles. The molecule has 2 aromatic rings. The number of piperazine rings is 1. The van der Waals surface area contributed by atoms with Crippen LogP contribution in [0.1, 0.15) is 40.5 Å². The van der Waals surface area contributed by atoms with Crippen molar-refractivity contribution in [3.63, 3.8) is 0 Å². The molecule has 0 bridgehead atoms. The summed E-state index contributed by atoms with van der Waals surface area (Å²) in [6.45, 7) is 9.51. The van der Waals surface area contributed by atoms with E-state index in [4.69, 9.17) is 0 Å². The van der Waals surface area contributed by atoms with E-state index in [0.29, 0.717) is 18.5 Å². The molecule has 3 aliphatic rings. The Morgan fingerprint density at radius 3 is 2.62 bits per heavy atom. The largest absolute Gasteiger partial charge is 0.368 e. The third-order valence-corrected chi connectivity index (χ3v) is 8.07. The Morgan fingerprint density at radius 2 is 1.86 bits per heavy atom. The van der Waals surface area contributed by atoms with Crippen LogP contribution in [0, 0.1) is 19.8 Å². The van der Waals surface area contributed by atoms with Crippen LogP contribution in [0.4, 0.5) is 5.69 Å². The number of fused-ring (bicyclic) bond motifs is 1. The Labute approximate surface area is 178 Å². The number of hydrogen-bond donors (Lipinski definition) is 0. The monoisotopic (exact) mass is 409 g/mol. The molecule has 1 amide bonds. The number of hydrogen-bond acceptors (Lipinski definition) is 4. The first-order chi connectivity index (χ1) is 14.1. The summed E-state index contributed by atoms with van der Waals surface area (Å²) in [4.78, 5) is 21.7. The number of rotatable bonds is 4. The summed E-state index contributed by atoms with van der Waals surface area (Å²) in [7, 11) is 0. The van der Waals surface area contributed by atoms with Crippen LogP contribution in [0.25, 0.3) is 0 Å². The smallest absolute Gasteiger partial charge is 0.236 e. The van der Waals surface area contributed by atoms with Gasteiger partial charge in [-0.1, -0.05) is 12.1 Å². The molecule has 2 fully saturated rings. The van der Waals surface area contributed by atoms with Crippen molar-refractivity contribution >= 4 is 22.9 Å². The molecule has 1 aliphatic carbocycles. The van der Waals surface area contributed by atoms with E-state index in [1.165, 1.54) is 35.2 Å². The summed E-state index contributed by atoms with van der Waals surface area (Å²) in [6, 6.07) is 9.31. The molecule has 0 unspecified atom stereocenters. The Hall–Kier alpha value is -1.85. The fourth-order valence-corrected chi connectivity index (χ4v) is 6.00. The van der Waals surface area contributed by atoms with Crippen molar-refractivity contribution in [2.75, 3.05) is 44.2 Å². The van der Waals surface area contributed by atoms with Gasteiger partial charge < -0.3 is 9.80 Å². The van der Waals surface area contributed by atoms with Crippen molar-refractivity contribution in [1.82, 2.24) is 9.80 Å². The number of anilines is 1. The zero-order valence-corrected chi connectivity index (χ0v) is 18.4. The van der Waals surface area contributed by atoms with E-state index in [-0.39, 0.29) is 0 Å². The average Bonchev–Trinajstić information content (AvgIpc) is 3.46. The minimum Gasteiger partial charge on any atom is -0.368 e. The maximum absolute atomic E-state index is 13.1. The minimum atomic E-state index is 0.315. The van der Waals surface area contributed by atoms with Gasteiger partial charge in [0, 0.05) is 49.3 Å². The highest BCUT2D eigenvalue weighted by Crippen LogP contribution is 2.48. The Balaban J connectivity index is 1.22. The predicted octanol–water partition coefficient (Wildman–Crippen LogP) is 4.02. The van der Waals surface area contributed by atoms with Gasteiger partial charge in [0.25, 0.3) is 0 Å². The van der Waals surface area contributed by atoms with Crippen LogP contribution in [-0.2, 0) is 11.2 Å². The van der Waals surface area contributed by atoms with E-state index in [1.807, 2.05) is 11.3 Å². The SMILES string of the molecule is Cc1cccc(N2CCN(C(=O)CN3CCc4sccc4[C@H]3C3CC3)CC2)c1C. The Morgan fingerprint density at radius 1 is 1.07 bits per heavy atom. The number of benzene rings is 1. The van der Waals surface area contributed by atoms with E-state index in [2.05, 4.69) is 58.2 Å². The van der Waals surface area contributed by atoms with Gasteiger partial charge >= 0.3 is 0 Å². The standard InChI is InChI=1S/C24H31N3OS/c1-17-4-3-5-21(18(17)2)25-11-13-26(14-12-25)23(28)16-27-10-8-22-20(9-15-29-22)24(27)19-6-7-19/h3-5,9,15,19,24H,6-8,10-14,16H2,1-2H3/t24-/m1/s1. The lowest BCUT2D eigenvalue weighted by Gasteiger charge is -2.40. The number of carbonyl (C=O) groups is 1. The molecule has 0 spiro atoms. The van der Waals surface area contributed by atoms with Gasteiger partial charge in [0.2, 0.25) is 5.91 Å². The third-order valence-electron chi connectivity index (χ3n) is 7.07. The van der Waals surface area contributed by atoms with Crippen molar-refractivity contribution in [1.29, 1.82) is 0 Å². The first-order valence-corrected chi connectivity index (χ1v) is 11.9. The van der Waals surface area contributed by atoms with E-state index < -0.39 is 0 Å². The van der Waals surface area contributed by atoms with E-state index in [1.54, 1.807) is 4.88 Å². The van der Waals surface area contributed by atoms with Crippen molar-refractivity contribution < 1.29 is 4.79 Å². The summed E-state index contributed by atoms with van der Waals surface area (Å²) < 4.78 is 0. The summed E-state index contributed by atoms with van der Waals surface area (Å²) in [6.07, 6.45) is 3.74. The van der Waals surface area contributed by atoms with Crippen molar-refractivity contribution in [3.8, 4) is 0 Å². The molecule has 5 rings (SSSR count). The topological polar surface area (TPSA) is 26.8 Å². The Kier molecular flexibility index (Phi) is 5.12. The van der Waals surface area contributed by atoms with Crippen LogP contribution < -0.4 is 4.90 Å². The first-order valence-electron chi connectivity index (χ1n) is 11.0. The highest BCUT2D eigenvalue weighted by Gasteiger charge is 2.40. The molecule has 1 aromatic heterocycles. The molecule has 1 saturated carbocycles. The highest BCUT2D eigenvalue weighted by molar-refractivity contribution is 7.10. The zero-order chi connectivity index (χ0) is 20.0. The lowest BCUT2D eigenvalue weighted by molar-refractivity contribution is -0.133. The quantitative estimate of drug-likeness (QED) is 0.763. The second kappa shape index (κ2) is 7.77. The maximum atomic E-state index is 13.1. The predicted molar refractivity (Wildman–Crippen MR) is 120 cm³/mol. The lowest BCUT2D eigenvalue weighted by Crippen LogP contribution is -2.52. The molecular weight excluding hydrogens is 378 g/mol. The molecule has 5 heteroatoms. The van der Waals surface area contributed by atoms with Gasteiger partial charge in [0.1, 0.15) is 0 Å². The summed E-state index contributed by atoms with van der Waals surface area (Å²) >= 11 is 1.90.